The molecule has 5 nitrogen and oxygen atoms in total. The van der Waals surface area contributed by atoms with Crippen LogP contribution in [0.5, 0.6) is 0 Å². The average molecular weight is 275 g/mol. The van der Waals surface area contributed by atoms with Crippen molar-refractivity contribution in [2.75, 3.05) is 23.4 Å². The van der Waals surface area contributed by atoms with Crippen LogP contribution in [0, 0.1) is 5.92 Å². The first kappa shape index (κ1) is 14.8. The Morgan fingerprint density at radius 3 is 2.60 bits per heavy atom. The molecule has 2 rings (SSSR count). The molecule has 1 aromatic rings. The summed E-state index contributed by atoms with van der Waals surface area (Å²) in [6.07, 6.45) is 7.71. The summed E-state index contributed by atoms with van der Waals surface area (Å²) in [5.41, 5.74) is 4.93. The van der Waals surface area contributed by atoms with E-state index in [1.807, 2.05) is 13.1 Å². The van der Waals surface area contributed by atoms with Gasteiger partial charge in [0.2, 0.25) is 5.95 Å². The Balaban J connectivity index is 2.32. The van der Waals surface area contributed by atoms with Crippen LogP contribution in [-0.4, -0.2) is 23.1 Å². The highest BCUT2D eigenvalue weighted by Gasteiger charge is 2.17. The van der Waals surface area contributed by atoms with Gasteiger partial charge in [0.1, 0.15) is 0 Å². The quantitative estimate of drug-likeness (QED) is 0.653. The molecule has 110 valence electrons. The zero-order chi connectivity index (χ0) is 14.5. The number of nitrogens with two attached hydrogens (primary N) is 1. The summed E-state index contributed by atoms with van der Waals surface area (Å²) in [5.74, 6) is 7.56. The summed E-state index contributed by atoms with van der Waals surface area (Å²) in [4.78, 5) is 11.4. The van der Waals surface area contributed by atoms with E-state index in [0.29, 0.717) is 11.7 Å². The Morgan fingerprint density at radius 1 is 1.35 bits per heavy atom. The molecule has 0 bridgehead atoms. The van der Waals surface area contributed by atoms with Crippen molar-refractivity contribution in [2.45, 2.75) is 40.0 Å². The molecule has 0 spiro atoms. The van der Waals surface area contributed by atoms with E-state index in [4.69, 9.17) is 5.84 Å². The lowest BCUT2D eigenvalue weighted by atomic mass is 9.96. The molecule has 0 amide bonds. The predicted octanol–water partition coefficient (Wildman–Crippen LogP) is 2.81. The van der Waals surface area contributed by atoms with Crippen molar-refractivity contribution in [3.05, 3.63) is 17.8 Å². The van der Waals surface area contributed by atoms with Crippen molar-refractivity contribution in [3.63, 3.8) is 0 Å². The van der Waals surface area contributed by atoms with Gasteiger partial charge in [-0.1, -0.05) is 19.9 Å². The second kappa shape index (κ2) is 6.70. The van der Waals surface area contributed by atoms with E-state index in [0.717, 1.165) is 24.6 Å². The standard InChI is InChI=1S/C15H25N5/c1-4-12(11(2)3)13-10-17-15(18-14(13)19-16)20-8-6-5-7-9-20/h4,10-11H,5-9,16H2,1-3H3,(H,17,18,19)/b12-4-. The van der Waals surface area contributed by atoms with Gasteiger partial charge >= 0.3 is 0 Å². The van der Waals surface area contributed by atoms with Crippen LogP contribution in [0.15, 0.2) is 12.3 Å². The Bertz CT molecular complexity index is 475. The summed E-state index contributed by atoms with van der Waals surface area (Å²) in [5, 5.41) is 0. The maximum absolute atomic E-state index is 5.66. The average Bonchev–Trinajstić information content (AvgIpc) is 2.48. The highest BCUT2D eigenvalue weighted by molar-refractivity contribution is 5.74. The molecule has 0 radical (unpaired) electrons. The number of piperidine rings is 1. The molecule has 5 heteroatoms. The van der Waals surface area contributed by atoms with Gasteiger partial charge < -0.3 is 10.3 Å². The number of aromatic nitrogens is 2. The van der Waals surface area contributed by atoms with Gasteiger partial charge in [-0.05, 0) is 37.7 Å². The molecule has 0 saturated carbocycles. The first-order chi connectivity index (χ1) is 9.67. The van der Waals surface area contributed by atoms with Gasteiger partial charge in [-0.3, -0.25) is 0 Å². The van der Waals surface area contributed by atoms with Gasteiger partial charge in [0.25, 0.3) is 0 Å². The topological polar surface area (TPSA) is 67.1 Å². The maximum Gasteiger partial charge on any atom is 0.227 e. The lowest BCUT2D eigenvalue weighted by Crippen LogP contribution is -2.31. The molecule has 0 aromatic carbocycles. The maximum atomic E-state index is 5.66. The van der Waals surface area contributed by atoms with Gasteiger partial charge in [-0.15, -0.1) is 0 Å². The van der Waals surface area contributed by atoms with Crippen LogP contribution in [0.1, 0.15) is 45.6 Å². The third kappa shape index (κ3) is 3.10. The molecule has 1 fully saturated rings. The second-order valence-corrected chi connectivity index (χ2v) is 5.52. The number of anilines is 2. The van der Waals surface area contributed by atoms with Gasteiger partial charge in [0.05, 0.1) is 0 Å². The van der Waals surface area contributed by atoms with Crippen molar-refractivity contribution in [2.24, 2.45) is 11.8 Å². The Labute approximate surface area is 121 Å². The molecule has 1 aliphatic rings. The minimum atomic E-state index is 0.413. The Kier molecular flexibility index (Phi) is 4.95. The zero-order valence-electron chi connectivity index (χ0n) is 12.7. The minimum absolute atomic E-state index is 0.413. The molecule has 0 aliphatic carbocycles. The van der Waals surface area contributed by atoms with Crippen molar-refractivity contribution >= 4 is 17.3 Å². The number of allylic oxidation sites excluding steroid dienone is 2. The Hall–Kier alpha value is -1.62. The molecule has 1 aliphatic heterocycles. The Morgan fingerprint density at radius 2 is 2.05 bits per heavy atom. The third-order valence-corrected chi connectivity index (χ3v) is 3.80. The largest absolute Gasteiger partial charge is 0.341 e. The molecular formula is C15H25N5. The van der Waals surface area contributed by atoms with Crippen LogP contribution in [0.2, 0.25) is 0 Å². The smallest absolute Gasteiger partial charge is 0.227 e. The van der Waals surface area contributed by atoms with E-state index in [2.05, 4.69) is 40.2 Å². The number of hydrogen-bond acceptors (Lipinski definition) is 5. The van der Waals surface area contributed by atoms with Gasteiger partial charge in [-0.2, -0.15) is 4.98 Å². The molecular weight excluding hydrogens is 250 g/mol. The number of hydrazine groups is 1. The molecule has 0 unspecified atom stereocenters. The van der Waals surface area contributed by atoms with E-state index in [1.54, 1.807) is 0 Å². The lowest BCUT2D eigenvalue weighted by Gasteiger charge is -2.27. The fourth-order valence-electron chi connectivity index (χ4n) is 2.74. The molecule has 0 atom stereocenters. The fourth-order valence-corrected chi connectivity index (χ4v) is 2.74. The normalized spacial score (nSPS) is 16.6. The van der Waals surface area contributed by atoms with Crippen LogP contribution < -0.4 is 16.2 Å². The SMILES string of the molecule is C/C=C(\c1cnc(N2CCCCC2)nc1NN)C(C)C. The first-order valence-electron chi connectivity index (χ1n) is 7.42. The second-order valence-electron chi connectivity index (χ2n) is 5.52. The van der Waals surface area contributed by atoms with Crippen LogP contribution in [-0.2, 0) is 0 Å². The number of rotatable bonds is 4. The molecule has 20 heavy (non-hydrogen) atoms. The van der Waals surface area contributed by atoms with Crippen molar-refractivity contribution < 1.29 is 0 Å². The fraction of sp³-hybridized carbons (Fsp3) is 0.600. The molecule has 3 N–H and O–H groups in total. The van der Waals surface area contributed by atoms with E-state index in [9.17, 15) is 0 Å². The van der Waals surface area contributed by atoms with Crippen LogP contribution in [0.4, 0.5) is 11.8 Å². The molecule has 2 heterocycles. The van der Waals surface area contributed by atoms with E-state index < -0.39 is 0 Å². The number of nitrogens with one attached hydrogen (secondary N) is 1. The number of nitrogen functional groups attached to an aromatic ring is 1. The highest BCUT2D eigenvalue weighted by atomic mass is 15.3. The van der Waals surface area contributed by atoms with E-state index >= 15 is 0 Å². The summed E-state index contributed by atoms with van der Waals surface area (Å²) in [7, 11) is 0. The summed E-state index contributed by atoms with van der Waals surface area (Å²) in [6, 6.07) is 0. The minimum Gasteiger partial charge on any atom is -0.341 e. The van der Waals surface area contributed by atoms with Crippen LogP contribution in [0.25, 0.3) is 5.57 Å². The number of nitrogens with zero attached hydrogens (tertiary/aromatic N) is 3. The van der Waals surface area contributed by atoms with Gasteiger partial charge in [-0.25, -0.2) is 10.8 Å². The first-order valence-corrected chi connectivity index (χ1v) is 7.42. The highest BCUT2D eigenvalue weighted by Crippen LogP contribution is 2.29. The van der Waals surface area contributed by atoms with E-state index in [-0.39, 0.29) is 0 Å². The van der Waals surface area contributed by atoms with Crippen LogP contribution >= 0.6 is 0 Å². The molecule has 1 aromatic heterocycles. The van der Waals surface area contributed by atoms with Crippen molar-refractivity contribution in [1.29, 1.82) is 0 Å². The van der Waals surface area contributed by atoms with Crippen molar-refractivity contribution in [1.82, 2.24) is 9.97 Å². The predicted molar refractivity (Wildman–Crippen MR) is 84.4 cm³/mol. The number of hydrogen-bond donors (Lipinski definition) is 2. The van der Waals surface area contributed by atoms with Gasteiger partial charge in [0.15, 0.2) is 5.82 Å². The van der Waals surface area contributed by atoms with Crippen molar-refractivity contribution in [3.8, 4) is 0 Å². The zero-order valence-corrected chi connectivity index (χ0v) is 12.7. The lowest BCUT2D eigenvalue weighted by molar-refractivity contribution is 0.568. The van der Waals surface area contributed by atoms with Crippen LogP contribution in [0.3, 0.4) is 0 Å². The third-order valence-electron chi connectivity index (χ3n) is 3.80. The monoisotopic (exact) mass is 275 g/mol. The molecule has 1 saturated heterocycles. The summed E-state index contributed by atoms with van der Waals surface area (Å²) < 4.78 is 0. The van der Waals surface area contributed by atoms with E-state index in [1.165, 1.54) is 24.8 Å². The van der Waals surface area contributed by atoms with Gasteiger partial charge in [0, 0.05) is 24.8 Å². The summed E-state index contributed by atoms with van der Waals surface area (Å²) in [6.45, 7) is 8.42. The summed E-state index contributed by atoms with van der Waals surface area (Å²) >= 11 is 0.